The fraction of sp³-hybridized carbons (Fsp3) is 0.700. The average molecular weight is 243 g/mol. The van der Waals surface area contributed by atoms with E-state index in [1.807, 2.05) is 0 Å². The summed E-state index contributed by atoms with van der Waals surface area (Å²) < 4.78 is 0. The molecular weight excluding hydrogens is 226 g/mol. The Bertz CT molecular complexity index is 332. The maximum Gasteiger partial charge on any atom is 0.318 e. The van der Waals surface area contributed by atoms with Crippen molar-refractivity contribution in [1.29, 1.82) is 0 Å². The number of piperazine rings is 1. The number of nitrogens with one attached hydrogen (secondary N) is 2. The van der Waals surface area contributed by atoms with Crippen molar-refractivity contribution in [3.05, 3.63) is 0 Å². The van der Waals surface area contributed by atoms with Crippen LogP contribution in [0, 0.1) is 0 Å². The van der Waals surface area contributed by atoms with E-state index < -0.39 is 24.1 Å². The van der Waals surface area contributed by atoms with Crippen LogP contribution in [0.2, 0.25) is 0 Å². The molecule has 1 saturated heterocycles. The number of carbonyl (C=O) groups is 3. The molecule has 7 heteroatoms. The fourth-order valence-corrected chi connectivity index (χ4v) is 1.67. The van der Waals surface area contributed by atoms with Crippen molar-refractivity contribution in [2.75, 3.05) is 13.1 Å². The van der Waals surface area contributed by atoms with Gasteiger partial charge in [0.2, 0.25) is 5.91 Å². The van der Waals surface area contributed by atoms with Crippen molar-refractivity contribution in [2.24, 2.45) is 0 Å². The Labute approximate surface area is 99.2 Å². The third kappa shape index (κ3) is 3.61. The van der Waals surface area contributed by atoms with Gasteiger partial charge in [-0.05, 0) is 13.8 Å². The minimum Gasteiger partial charge on any atom is -0.481 e. The van der Waals surface area contributed by atoms with Crippen molar-refractivity contribution in [3.8, 4) is 0 Å². The van der Waals surface area contributed by atoms with Crippen LogP contribution in [0.1, 0.15) is 20.3 Å². The first kappa shape index (κ1) is 13.3. The number of carbonyl (C=O) groups excluding carboxylic acids is 2. The third-order valence-corrected chi connectivity index (χ3v) is 2.61. The third-order valence-electron chi connectivity index (χ3n) is 2.61. The molecule has 0 aliphatic carbocycles. The molecule has 1 aliphatic heterocycles. The van der Waals surface area contributed by atoms with Crippen molar-refractivity contribution in [3.63, 3.8) is 0 Å². The number of nitrogens with zero attached hydrogens (tertiary/aromatic N) is 1. The lowest BCUT2D eigenvalue weighted by Gasteiger charge is -2.33. The van der Waals surface area contributed by atoms with Gasteiger partial charge in [0, 0.05) is 19.1 Å². The number of hydrogen-bond acceptors (Lipinski definition) is 3. The van der Waals surface area contributed by atoms with Crippen LogP contribution in [0.5, 0.6) is 0 Å². The number of hydrogen-bond donors (Lipinski definition) is 3. The first-order valence-electron chi connectivity index (χ1n) is 5.48. The van der Waals surface area contributed by atoms with Crippen molar-refractivity contribution in [2.45, 2.75) is 32.4 Å². The Balaban J connectivity index is 2.51. The van der Waals surface area contributed by atoms with Gasteiger partial charge in [0.15, 0.2) is 0 Å². The van der Waals surface area contributed by atoms with Gasteiger partial charge in [0.25, 0.3) is 0 Å². The molecule has 2 atom stereocenters. The SMILES string of the molecule is CC(CC(=O)O)NC(=O)N1CCNC(=O)C1C. The second kappa shape index (κ2) is 5.51. The topological polar surface area (TPSA) is 98.7 Å². The summed E-state index contributed by atoms with van der Waals surface area (Å²) in [5.74, 6) is -1.17. The number of aliphatic carboxylic acids is 1. The standard InChI is InChI=1S/C10H17N3O4/c1-6(5-8(14)15)12-10(17)13-4-3-11-9(16)7(13)2/h6-7H,3-5H2,1-2H3,(H,11,16)(H,12,17)(H,14,15). The zero-order valence-electron chi connectivity index (χ0n) is 9.90. The molecule has 0 aromatic heterocycles. The molecule has 1 heterocycles. The second-order valence-electron chi connectivity index (χ2n) is 4.11. The Kier molecular flexibility index (Phi) is 4.30. The molecule has 0 saturated carbocycles. The number of rotatable bonds is 3. The van der Waals surface area contributed by atoms with E-state index in [2.05, 4.69) is 10.6 Å². The van der Waals surface area contributed by atoms with Crippen LogP contribution in [0.25, 0.3) is 0 Å². The van der Waals surface area contributed by atoms with Crippen LogP contribution in [0.4, 0.5) is 4.79 Å². The van der Waals surface area contributed by atoms with E-state index in [0.29, 0.717) is 13.1 Å². The quantitative estimate of drug-likeness (QED) is 0.615. The number of urea groups is 1. The summed E-state index contributed by atoms with van der Waals surface area (Å²) in [5, 5.41) is 13.8. The summed E-state index contributed by atoms with van der Waals surface area (Å²) in [5.41, 5.74) is 0. The zero-order chi connectivity index (χ0) is 13.0. The molecule has 0 aromatic carbocycles. The molecular formula is C10H17N3O4. The summed E-state index contributed by atoms with van der Waals surface area (Å²) in [6.07, 6.45) is -0.139. The van der Waals surface area contributed by atoms with Gasteiger partial charge < -0.3 is 20.6 Å². The molecule has 96 valence electrons. The highest BCUT2D eigenvalue weighted by atomic mass is 16.4. The van der Waals surface area contributed by atoms with E-state index in [1.165, 1.54) is 4.90 Å². The van der Waals surface area contributed by atoms with Crippen LogP contribution in [-0.2, 0) is 9.59 Å². The van der Waals surface area contributed by atoms with E-state index >= 15 is 0 Å². The highest BCUT2D eigenvalue weighted by Gasteiger charge is 2.29. The minimum atomic E-state index is -0.970. The molecule has 17 heavy (non-hydrogen) atoms. The maximum absolute atomic E-state index is 11.8. The van der Waals surface area contributed by atoms with Gasteiger partial charge in [0.05, 0.1) is 6.42 Å². The van der Waals surface area contributed by atoms with Crippen LogP contribution in [0.15, 0.2) is 0 Å². The minimum absolute atomic E-state index is 0.139. The predicted molar refractivity (Wildman–Crippen MR) is 59.4 cm³/mol. The molecule has 3 amide bonds. The smallest absolute Gasteiger partial charge is 0.318 e. The monoisotopic (exact) mass is 243 g/mol. The Hall–Kier alpha value is -1.79. The molecule has 0 spiro atoms. The van der Waals surface area contributed by atoms with E-state index in [0.717, 1.165) is 0 Å². The van der Waals surface area contributed by atoms with E-state index in [1.54, 1.807) is 13.8 Å². The average Bonchev–Trinajstić information content (AvgIpc) is 2.20. The van der Waals surface area contributed by atoms with Gasteiger partial charge in [-0.2, -0.15) is 0 Å². The largest absolute Gasteiger partial charge is 0.481 e. The van der Waals surface area contributed by atoms with E-state index in [9.17, 15) is 14.4 Å². The normalized spacial score (nSPS) is 21.6. The number of amides is 3. The number of carboxylic acid groups (broad SMARTS) is 1. The number of carboxylic acids is 1. The molecule has 7 nitrogen and oxygen atoms in total. The lowest BCUT2D eigenvalue weighted by atomic mass is 10.2. The van der Waals surface area contributed by atoms with Crippen LogP contribution in [0.3, 0.4) is 0 Å². The summed E-state index contributed by atoms with van der Waals surface area (Å²) >= 11 is 0. The van der Waals surface area contributed by atoms with Gasteiger partial charge in [0.1, 0.15) is 6.04 Å². The Morgan fingerprint density at radius 2 is 2.29 bits per heavy atom. The molecule has 0 aromatic rings. The molecule has 0 radical (unpaired) electrons. The first-order valence-corrected chi connectivity index (χ1v) is 5.48. The van der Waals surface area contributed by atoms with Crippen molar-refractivity contribution in [1.82, 2.24) is 15.5 Å². The van der Waals surface area contributed by atoms with Crippen molar-refractivity contribution >= 4 is 17.9 Å². The second-order valence-corrected chi connectivity index (χ2v) is 4.11. The van der Waals surface area contributed by atoms with Crippen LogP contribution >= 0.6 is 0 Å². The summed E-state index contributed by atoms with van der Waals surface area (Å²) in [6.45, 7) is 4.10. The summed E-state index contributed by atoms with van der Waals surface area (Å²) in [4.78, 5) is 35.0. The Morgan fingerprint density at radius 1 is 1.65 bits per heavy atom. The van der Waals surface area contributed by atoms with Gasteiger partial charge in [-0.15, -0.1) is 0 Å². The Morgan fingerprint density at radius 3 is 2.88 bits per heavy atom. The highest BCUT2D eigenvalue weighted by Crippen LogP contribution is 2.05. The van der Waals surface area contributed by atoms with Crippen LogP contribution < -0.4 is 10.6 Å². The molecule has 2 unspecified atom stereocenters. The summed E-state index contributed by atoms with van der Waals surface area (Å²) in [7, 11) is 0. The molecule has 1 rings (SSSR count). The molecule has 1 fully saturated rings. The lowest BCUT2D eigenvalue weighted by molar-refractivity contribution is -0.137. The molecule has 3 N–H and O–H groups in total. The predicted octanol–water partition coefficient (Wildman–Crippen LogP) is -0.620. The van der Waals surface area contributed by atoms with Gasteiger partial charge in [-0.3, -0.25) is 9.59 Å². The molecule has 1 aliphatic rings. The molecule has 0 bridgehead atoms. The van der Waals surface area contributed by atoms with Gasteiger partial charge in [-0.1, -0.05) is 0 Å². The van der Waals surface area contributed by atoms with Gasteiger partial charge in [-0.25, -0.2) is 4.79 Å². The van der Waals surface area contributed by atoms with Gasteiger partial charge >= 0.3 is 12.0 Å². The summed E-state index contributed by atoms with van der Waals surface area (Å²) in [6, 6.07) is -1.39. The first-order chi connectivity index (χ1) is 7.91. The lowest BCUT2D eigenvalue weighted by Crippen LogP contribution is -2.59. The fourth-order valence-electron chi connectivity index (χ4n) is 1.67. The van der Waals surface area contributed by atoms with E-state index in [4.69, 9.17) is 5.11 Å². The van der Waals surface area contributed by atoms with Crippen LogP contribution in [-0.4, -0.2) is 53.1 Å². The van der Waals surface area contributed by atoms with Crippen molar-refractivity contribution < 1.29 is 19.5 Å². The zero-order valence-corrected chi connectivity index (χ0v) is 9.90. The van der Waals surface area contributed by atoms with E-state index in [-0.39, 0.29) is 12.3 Å². The maximum atomic E-state index is 11.8. The highest BCUT2D eigenvalue weighted by molar-refractivity contribution is 5.88.